The average Bonchev–Trinajstić information content (AvgIpc) is 3.52. The second-order valence-electron chi connectivity index (χ2n) is 7.76. The number of hydrogen-bond acceptors (Lipinski definition) is 8. The van der Waals surface area contributed by atoms with E-state index < -0.39 is 30.4 Å². The molecular formula is C22H16ClF3N10O2. The molecule has 1 aromatic carbocycles. The molecular weight excluding hydrogens is 529 g/mol. The summed E-state index contributed by atoms with van der Waals surface area (Å²) in [4.78, 5) is 30.1. The van der Waals surface area contributed by atoms with Gasteiger partial charge in [0, 0.05) is 13.2 Å². The Labute approximate surface area is 217 Å². The van der Waals surface area contributed by atoms with E-state index in [1.807, 2.05) is 6.07 Å². The number of pyridine rings is 1. The highest BCUT2D eigenvalue weighted by Gasteiger charge is 2.38. The van der Waals surface area contributed by atoms with Gasteiger partial charge in [0.05, 0.1) is 40.1 Å². The maximum Gasteiger partial charge on any atom is 0.453 e. The quantitative estimate of drug-likeness (QED) is 0.375. The molecule has 2 N–H and O–H groups in total. The molecule has 38 heavy (non-hydrogen) atoms. The van der Waals surface area contributed by atoms with Crippen molar-refractivity contribution in [2.24, 2.45) is 0 Å². The van der Waals surface area contributed by atoms with Gasteiger partial charge >= 0.3 is 6.18 Å². The lowest BCUT2D eigenvalue weighted by Gasteiger charge is -2.14. The highest BCUT2D eigenvalue weighted by Crippen LogP contribution is 2.28. The highest BCUT2D eigenvalue weighted by molar-refractivity contribution is 6.32. The summed E-state index contributed by atoms with van der Waals surface area (Å²) in [5, 5.41) is 28.1. The number of carbonyl (C=O) groups is 2. The van der Waals surface area contributed by atoms with Crippen molar-refractivity contribution in [1.82, 2.24) is 40.3 Å². The molecule has 4 aromatic rings. The fourth-order valence-electron chi connectivity index (χ4n) is 3.54. The fraction of sp³-hybridized carbons (Fsp3) is 0.182. The topological polar surface area (TPSA) is 156 Å². The summed E-state index contributed by atoms with van der Waals surface area (Å²) < 4.78 is 41.3. The minimum absolute atomic E-state index is 0.0160. The van der Waals surface area contributed by atoms with Crippen molar-refractivity contribution in [3.63, 3.8) is 0 Å². The molecule has 3 heterocycles. The molecule has 16 heteroatoms. The van der Waals surface area contributed by atoms with Crippen molar-refractivity contribution in [1.29, 1.82) is 5.26 Å². The van der Waals surface area contributed by atoms with E-state index in [1.165, 1.54) is 37.5 Å². The molecule has 2 amide bonds. The summed E-state index contributed by atoms with van der Waals surface area (Å²) in [6.45, 7) is 1.07. The first kappa shape index (κ1) is 26.2. The Hall–Kier alpha value is -4.84. The van der Waals surface area contributed by atoms with Crippen LogP contribution in [0.5, 0.6) is 0 Å². The van der Waals surface area contributed by atoms with Crippen molar-refractivity contribution in [3.8, 4) is 11.9 Å². The molecule has 194 valence electrons. The Kier molecular flexibility index (Phi) is 7.08. The molecule has 0 aliphatic carbocycles. The second-order valence-corrected chi connectivity index (χ2v) is 8.17. The van der Waals surface area contributed by atoms with Gasteiger partial charge < -0.3 is 10.6 Å². The third-order valence-corrected chi connectivity index (χ3v) is 5.50. The van der Waals surface area contributed by atoms with Gasteiger partial charge in [-0.05, 0) is 53.2 Å². The normalized spacial score (nSPS) is 11.2. The number of tetrazole rings is 1. The molecule has 0 saturated heterocycles. The first-order valence-corrected chi connectivity index (χ1v) is 11.0. The molecule has 0 bridgehead atoms. The van der Waals surface area contributed by atoms with Crippen molar-refractivity contribution < 1.29 is 22.8 Å². The third kappa shape index (κ3) is 5.15. The van der Waals surface area contributed by atoms with E-state index in [-0.39, 0.29) is 39.0 Å². The number of nitrogens with one attached hydrogen (secondary N) is 2. The van der Waals surface area contributed by atoms with Crippen LogP contribution in [0.3, 0.4) is 0 Å². The van der Waals surface area contributed by atoms with Crippen molar-refractivity contribution in [3.05, 3.63) is 75.5 Å². The highest BCUT2D eigenvalue weighted by atomic mass is 35.5. The molecule has 0 spiro atoms. The number of anilines is 1. The molecule has 0 fully saturated rings. The molecule has 0 saturated carbocycles. The lowest BCUT2D eigenvalue weighted by Crippen LogP contribution is -2.24. The summed E-state index contributed by atoms with van der Waals surface area (Å²) in [5.41, 5.74) is 0.597. The number of hydrogen-bond donors (Lipinski definition) is 2. The molecule has 0 aliphatic heterocycles. The van der Waals surface area contributed by atoms with Gasteiger partial charge in [0.1, 0.15) is 5.69 Å². The molecule has 0 radical (unpaired) electrons. The maximum atomic E-state index is 13.5. The van der Waals surface area contributed by atoms with E-state index >= 15 is 0 Å². The van der Waals surface area contributed by atoms with Gasteiger partial charge in [-0.2, -0.15) is 23.5 Å². The van der Waals surface area contributed by atoms with Crippen LogP contribution in [0.4, 0.5) is 18.9 Å². The van der Waals surface area contributed by atoms with Crippen molar-refractivity contribution in [2.75, 3.05) is 12.4 Å². The summed E-state index contributed by atoms with van der Waals surface area (Å²) >= 11 is 6.25. The number of nitrogens with zero attached hydrogens (tertiary/aromatic N) is 8. The van der Waals surface area contributed by atoms with Gasteiger partial charge in [-0.1, -0.05) is 11.6 Å². The fourth-order valence-corrected chi connectivity index (χ4v) is 3.74. The van der Waals surface area contributed by atoms with Crippen LogP contribution in [0.1, 0.15) is 43.5 Å². The van der Waals surface area contributed by atoms with E-state index in [2.05, 4.69) is 36.2 Å². The van der Waals surface area contributed by atoms with E-state index in [0.29, 0.717) is 10.2 Å². The molecule has 4 rings (SSSR count). The largest absolute Gasteiger partial charge is 0.453 e. The average molecular weight is 545 g/mol. The van der Waals surface area contributed by atoms with E-state index in [0.717, 1.165) is 4.68 Å². The number of amides is 2. The number of carbonyl (C=O) groups excluding carboxylic acids is 2. The molecule has 0 atom stereocenters. The zero-order valence-electron chi connectivity index (χ0n) is 19.6. The van der Waals surface area contributed by atoms with Crippen LogP contribution >= 0.6 is 11.6 Å². The van der Waals surface area contributed by atoms with Gasteiger partial charge in [0.2, 0.25) is 0 Å². The molecule has 3 aromatic heterocycles. The van der Waals surface area contributed by atoms with E-state index in [4.69, 9.17) is 11.6 Å². The van der Waals surface area contributed by atoms with Gasteiger partial charge in [-0.25, -0.2) is 14.3 Å². The predicted octanol–water partition coefficient (Wildman–Crippen LogP) is 2.77. The number of alkyl halides is 3. The van der Waals surface area contributed by atoms with Crippen LogP contribution in [0.15, 0.2) is 36.5 Å². The Morgan fingerprint density at radius 3 is 2.63 bits per heavy atom. The number of rotatable bonds is 6. The first-order chi connectivity index (χ1) is 18.0. The number of aromatic nitrogens is 7. The lowest BCUT2D eigenvalue weighted by molar-refractivity contribution is -0.147. The summed E-state index contributed by atoms with van der Waals surface area (Å²) in [6, 6.07) is 9.00. The monoisotopic (exact) mass is 544 g/mol. The summed E-state index contributed by atoms with van der Waals surface area (Å²) in [5.74, 6) is -2.66. The second kappa shape index (κ2) is 10.3. The SMILES string of the molecule is CNC(=O)c1cc(C#N)cc(C)c1NC(=O)c1cc(Cn2nnnc2C(F)(F)F)nn1-c1ncccc1Cl. The number of aryl methyl sites for hydroxylation is 1. The van der Waals surface area contributed by atoms with Crippen LogP contribution in [0, 0.1) is 18.3 Å². The Morgan fingerprint density at radius 1 is 1.21 bits per heavy atom. The first-order valence-electron chi connectivity index (χ1n) is 10.6. The number of benzene rings is 1. The van der Waals surface area contributed by atoms with Crippen LogP contribution < -0.4 is 10.6 Å². The number of nitriles is 1. The molecule has 0 aliphatic rings. The van der Waals surface area contributed by atoms with E-state index in [9.17, 15) is 28.0 Å². The minimum Gasteiger partial charge on any atom is -0.355 e. The van der Waals surface area contributed by atoms with Crippen LogP contribution in [-0.4, -0.2) is 53.8 Å². The molecule has 0 unspecified atom stereocenters. The number of halogens is 4. The zero-order chi connectivity index (χ0) is 27.6. The van der Waals surface area contributed by atoms with Crippen LogP contribution in [0.25, 0.3) is 5.82 Å². The standard InChI is InChI=1S/C22H16ClF3N10O2/c1-11-6-12(9-27)7-14(19(37)28-2)17(11)30-20(38)16-8-13(10-35-21(22(24,25)26)31-33-34-35)32-36(16)18-15(23)4-3-5-29-18/h3-8H,10H2,1-2H3,(H,28,37)(H,30,38). The Bertz CT molecular complexity index is 1590. The predicted molar refractivity (Wildman–Crippen MR) is 126 cm³/mol. The third-order valence-electron chi connectivity index (χ3n) is 5.20. The minimum atomic E-state index is -4.82. The van der Waals surface area contributed by atoms with Crippen molar-refractivity contribution in [2.45, 2.75) is 19.6 Å². The van der Waals surface area contributed by atoms with Gasteiger partial charge in [-0.15, -0.1) is 5.10 Å². The van der Waals surface area contributed by atoms with Crippen LogP contribution in [-0.2, 0) is 12.7 Å². The van der Waals surface area contributed by atoms with Gasteiger partial charge in [0.25, 0.3) is 17.6 Å². The smallest absolute Gasteiger partial charge is 0.355 e. The Morgan fingerprint density at radius 2 is 1.97 bits per heavy atom. The lowest BCUT2D eigenvalue weighted by atomic mass is 10.0. The van der Waals surface area contributed by atoms with Crippen LogP contribution in [0.2, 0.25) is 5.02 Å². The Balaban J connectivity index is 1.79. The maximum absolute atomic E-state index is 13.5. The summed E-state index contributed by atoms with van der Waals surface area (Å²) in [6.07, 6.45) is -3.43. The van der Waals surface area contributed by atoms with Crippen molar-refractivity contribution >= 4 is 29.1 Å². The van der Waals surface area contributed by atoms with E-state index in [1.54, 1.807) is 13.0 Å². The van der Waals surface area contributed by atoms with Gasteiger partial charge in [-0.3, -0.25) is 9.59 Å². The van der Waals surface area contributed by atoms with Gasteiger partial charge in [0.15, 0.2) is 5.82 Å². The molecule has 12 nitrogen and oxygen atoms in total. The summed E-state index contributed by atoms with van der Waals surface area (Å²) in [7, 11) is 1.39. The zero-order valence-corrected chi connectivity index (χ0v) is 20.3.